The summed E-state index contributed by atoms with van der Waals surface area (Å²) in [4.78, 5) is 48.5. The van der Waals surface area contributed by atoms with Crippen molar-refractivity contribution >= 4 is 23.8 Å². The van der Waals surface area contributed by atoms with Crippen molar-refractivity contribution in [2.45, 2.75) is 38.5 Å². The molecule has 1 aromatic carbocycles. The number of amides is 2. The SMILES string of the molecule is CO[C@@H]1CN(C(=O)CC(C(C)=O)C(=O)O)CC[C@@H]1NC(=O)OCc1ccccc1. The number of aliphatic carboxylic acids is 1. The number of Topliss-reactive ketones (excluding diaryl/α,β-unsaturated/α-hetero) is 1. The highest BCUT2D eigenvalue weighted by molar-refractivity contribution is 6.00. The van der Waals surface area contributed by atoms with E-state index in [4.69, 9.17) is 14.6 Å². The summed E-state index contributed by atoms with van der Waals surface area (Å²) < 4.78 is 10.6. The van der Waals surface area contributed by atoms with Gasteiger partial charge in [-0.2, -0.15) is 0 Å². The number of alkyl carbamates (subject to hydrolysis) is 1. The van der Waals surface area contributed by atoms with Crippen molar-refractivity contribution in [3.05, 3.63) is 35.9 Å². The summed E-state index contributed by atoms with van der Waals surface area (Å²) >= 11 is 0. The highest BCUT2D eigenvalue weighted by Gasteiger charge is 2.35. The van der Waals surface area contributed by atoms with Crippen LogP contribution in [-0.4, -0.2) is 66.1 Å². The van der Waals surface area contributed by atoms with Gasteiger partial charge >= 0.3 is 12.1 Å². The molecule has 2 rings (SSSR count). The topological polar surface area (TPSA) is 122 Å². The van der Waals surface area contributed by atoms with Crippen LogP contribution in [0.1, 0.15) is 25.3 Å². The average molecular weight is 406 g/mol. The number of benzene rings is 1. The Morgan fingerprint density at radius 2 is 1.93 bits per heavy atom. The molecule has 2 amide bonds. The van der Waals surface area contributed by atoms with Crippen molar-refractivity contribution in [3.63, 3.8) is 0 Å². The number of carbonyl (C=O) groups is 4. The van der Waals surface area contributed by atoms with E-state index in [0.717, 1.165) is 12.5 Å². The van der Waals surface area contributed by atoms with Gasteiger partial charge in [-0.3, -0.25) is 14.4 Å². The van der Waals surface area contributed by atoms with Gasteiger partial charge in [0.05, 0.1) is 12.1 Å². The maximum atomic E-state index is 12.4. The van der Waals surface area contributed by atoms with Crippen molar-refractivity contribution in [1.29, 1.82) is 0 Å². The van der Waals surface area contributed by atoms with E-state index in [1.807, 2.05) is 30.3 Å². The Hall–Kier alpha value is -2.94. The van der Waals surface area contributed by atoms with Crippen molar-refractivity contribution in [2.24, 2.45) is 5.92 Å². The summed E-state index contributed by atoms with van der Waals surface area (Å²) in [5.74, 6) is -3.66. The minimum atomic E-state index is -1.35. The molecule has 0 aliphatic carbocycles. The first-order valence-electron chi connectivity index (χ1n) is 9.32. The van der Waals surface area contributed by atoms with Gasteiger partial charge in [-0.05, 0) is 18.9 Å². The lowest BCUT2D eigenvalue weighted by Gasteiger charge is -2.38. The van der Waals surface area contributed by atoms with E-state index in [2.05, 4.69) is 5.32 Å². The Kier molecular flexibility index (Phi) is 8.14. The van der Waals surface area contributed by atoms with Gasteiger partial charge in [-0.25, -0.2) is 4.79 Å². The maximum absolute atomic E-state index is 12.4. The van der Waals surface area contributed by atoms with Crippen LogP contribution in [0.4, 0.5) is 4.79 Å². The highest BCUT2D eigenvalue weighted by atomic mass is 16.5. The lowest BCUT2D eigenvalue weighted by molar-refractivity contribution is -0.150. The second-order valence-electron chi connectivity index (χ2n) is 6.92. The number of nitrogens with zero attached hydrogens (tertiary/aromatic N) is 1. The van der Waals surface area contributed by atoms with Crippen LogP contribution in [0.2, 0.25) is 0 Å². The lowest BCUT2D eigenvalue weighted by Crippen LogP contribution is -2.56. The van der Waals surface area contributed by atoms with Gasteiger partial charge < -0.3 is 24.8 Å². The first-order chi connectivity index (χ1) is 13.8. The summed E-state index contributed by atoms with van der Waals surface area (Å²) in [6, 6.07) is 8.92. The Morgan fingerprint density at radius 1 is 1.24 bits per heavy atom. The molecule has 9 heteroatoms. The molecule has 1 aliphatic heterocycles. The average Bonchev–Trinajstić information content (AvgIpc) is 2.70. The summed E-state index contributed by atoms with van der Waals surface area (Å²) in [6.45, 7) is 1.79. The van der Waals surface area contributed by atoms with Crippen LogP contribution < -0.4 is 5.32 Å². The summed E-state index contributed by atoms with van der Waals surface area (Å²) in [6.07, 6.45) is -1.03. The third-order valence-electron chi connectivity index (χ3n) is 4.90. The number of nitrogens with one attached hydrogen (secondary N) is 1. The summed E-state index contributed by atoms with van der Waals surface area (Å²) in [5.41, 5.74) is 0.866. The van der Waals surface area contributed by atoms with Crippen molar-refractivity contribution < 1.29 is 33.8 Å². The molecule has 1 fully saturated rings. The van der Waals surface area contributed by atoms with Crippen LogP contribution in [0.15, 0.2) is 30.3 Å². The standard InChI is InChI=1S/C20H26N2O7/c1-13(23)15(19(25)26)10-18(24)22-9-8-16(17(11-22)28-2)21-20(27)29-12-14-6-4-3-5-7-14/h3-7,15-17H,8-12H2,1-2H3,(H,21,27)(H,25,26)/t15?,16-,17+/m0/s1. The molecule has 0 radical (unpaired) electrons. The Balaban J connectivity index is 1.86. The number of hydrogen-bond acceptors (Lipinski definition) is 6. The van der Waals surface area contributed by atoms with E-state index in [-0.39, 0.29) is 19.2 Å². The van der Waals surface area contributed by atoms with E-state index in [1.165, 1.54) is 12.0 Å². The minimum Gasteiger partial charge on any atom is -0.481 e. The molecule has 0 spiro atoms. The fraction of sp³-hybridized carbons (Fsp3) is 0.500. The Bertz CT molecular complexity index is 724. The van der Waals surface area contributed by atoms with E-state index >= 15 is 0 Å². The number of piperidine rings is 1. The monoisotopic (exact) mass is 406 g/mol. The molecule has 158 valence electrons. The number of carboxylic acid groups (broad SMARTS) is 1. The van der Waals surface area contributed by atoms with Crippen molar-refractivity contribution in [1.82, 2.24) is 10.2 Å². The first-order valence-corrected chi connectivity index (χ1v) is 9.32. The second kappa shape index (κ2) is 10.6. The largest absolute Gasteiger partial charge is 0.481 e. The predicted molar refractivity (Wildman–Crippen MR) is 102 cm³/mol. The van der Waals surface area contributed by atoms with Gasteiger partial charge in [0.15, 0.2) is 0 Å². The molecule has 3 atom stereocenters. The fourth-order valence-electron chi connectivity index (χ4n) is 3.17. The molecule has 2 N–H and O–H groups in total. The molecule has 1 saturated heterocycles. The second-order valence-corrected chi connectivity index (χ2v) is 6.92. The number of rotatable bonds is 8. The summed E-state index contributed by atoms with van der Waals surface area (Å²) in [5, 5.41) is 11.8. The zero-order valence-electron chi connectivity index (χ0n) is 16.5. The molecule has 29 heavy (non-hydrogen) atoms. The van der Waals surface area contributed by atoms with Gasteiger partial charge in [0.1, 0.15) is 18.3 Å². The van der Waals surface area contributed by atoms with Gasteiger partial charge in [-0.1, -0.05) is 30.3 Å². The molecule has 0 saturated carbocycles. The van der Waals surface area contributed by atoms with E-state index < -0.39 is 42.2 Å². The third-order valence-corrected chi connectivity index (χ3v) is 4.90. The molecule has 1 unspecified atom stereocenters. The molecule has 9 nitrogen and oxygen atoms in total. The van der Waals surface area contributed by atoms with E-state index in [1.54, 1.807) is 0 Å². The number of hydrogen-bond donors (Lipinski definition) is 2. The zero-order chi connectivity index (χ0) is 21.4. The number of carbonyl (C=O) groups excluding carboxylic acids is 3. The van der Waals surface area contributed by atoms with Crippen LogP contribution in [0.25, 0.3) is 0 Å². The first kappa shape index (κ1) is 22.4. The fourth-order valence-corrected chi connectivity index (χ4v) is 3.17. The number of methoxy groups -OCH3 is 1. The summed E-state index contributed by atoms with van der Waals surface area (Å²) in [7, 11) is 1.47. The zero-order valence-corrected chi connectivity index (χ0v) is 16.5. The van der Waals surface area contributed by atoms with Crippen LogP contribution in [0, 0.1) is 5.92 Å². The Labute approximate surface area is 169 Å². The smallest absolute Gasteiger partial charge is 0.407 e. The molecule has 1 heterocycles. The Morgan fingerprint density at radius 3 is 2.52 bits per heavy atom. The van der Waals surface area contributed by atoms with Gasteiger partial charge in [0, 0.05) is 26.6 Å². The molecular formula is C20H26N2O7. The van der Waals surface area contributed by atoms with Crippen LogP contribution in [0.3, 0.4) is 0 Å². The predicted octanol–water partition coefficient (Wildman–Crippen LogP) is 1.21. The molecule has 1 aliphatic rings. The minimum absolute atomic E-state index is 0.142. The number of carboxylic acids is 1. The van der Waals surface area contributed by atoms with Crippen LogP contribution in [-0.2, 0) is 30.5 Å². The van der Waals surface area contributed by atoms with Gasteiger partial charge in [-0.15, -0.1) is 0 Å². The van der Waals surface area contributed by atoms with Gasteiger partial charge in [0.25, 0.3) is 0 Å². The molecular weight excluding hydrogens is 380 g/mol. The maximum Gasteiger partial charge on any atom is 0.407 e. The van der Waals surface area contributed by atoms with Crippen LogP contribution in [0.5, 0.6) is 0 Å². The van der Waals surface area contributed by atoms with E-state index in [9.17, 15) is 19.2 Å². The quantitative estimate of drug-likeness (QED) is 0.622. The van der Waals surface area contributed by atoms with Crippen molar-refractivity contribution in [2.75, 3.05) is 20.2 Å². The third kappa shape index (κ3) is 6.56. The van der Waals surface area contributed by atoms with E-state index in [0.29, 0.717) is 13.0 Å². The normalized spacial score (nSPS) is 19.9. The molecule has 0 aromatic heterocycles. The van der Waals surface area contributed by atoms with Gasteiger partial charge in [0.2, 0.25) is 5.91 Å². The van der Waals surface area contributed by atoms with Crippen LogP contribution >= 0.6 is 0 Å². The molecule has 1 aromatic rings. The molecule has 0 bridgehead atoms. The highest BCUT2D eigenvalue weighted by Crippen LogP contribution is 2.17. The lowest BCUT2D eigenvalue weighted by atomic mass is 9.97. The number of likely N-dealkylation sites (tertiary alicyclic amines) is 1. The number of ether oxygens (including phenoxy) is 2. The number of ketones is 1. The van der Waals surface area contributed by atoms with Crippen molar-refractivity contribution in [3.8, 4) is 0 Å².